The van der Waals surface area contributed by atoms with Crippen molar-refractivity contribution in [3.63, 3.8) is 0 Å². The summed E-state index contributed by atoms with van der Waals surface area (Å²) < 4.78 is 6.26. The molecule has 0 radical (unpaired) electrons. The molecule has 1 aromatic heterocycles. The zero-order valence-corrected chi connectivity index (χ0v) is 8.49. The predicted octanol–water partition coefficient (Wildman–Crippen LogP) is -0.131. The Bertz CT molecular complexity index is 318. The number of nitrogens with one attached hydrogen (secondary N) is 1. The van der Waals surface area contributed by atoms with E-state index in [1.54, 1.807) is 4.68 Å². The largest absolute Gasteiger partial charge is 0.539 e. The van der Waals surface area contributed by atoms with Gasteiger partial charge >= 0.3 is 0 Å². The summed E-state index contributed by atoms with van der Waals surface area (Å²) in [7, 11) is 0. The molecular weight excluding hydrogens is 182 g/mol. The highest BCUT2D eigenvalue weighted by Crippen LogP contribution is 2.20. The fourth-order valence-corrected chi connectivity index (χ4v) is 1.36. The Kier molecular flexibility index (Phi) is 2.41. The molecule has 0 spiro atoms. The minimum absolute atomic E-state index is 0.164. The van der Waals surface area contributed by atoms with Crippen molar-refractivity contribution in [1.82, 2.24) is 10.6 Å². The topological polar surface area (TPSA) is 65.0 Å². The van der Waals surface area contributed by atoms with Crippen LogP contribution in [0.3, 0.4) is 0 Å². The minimum atomic E-state index is -0.327. The van der Waals surface area contributed by atoms with Crippen LogP contribution >= 0.6 is 0 Å². The quantitative estimate of drug-likeness (QED) is 0.683. The Morgan fingerprint density at radius 2 is 2.36 bits per heavy atom. The second kappa shape index (κ2) is 3.57. The maximum absolute atomic E-state index is 11.3. The van der Waals surface area contributed by atoms with Gasteiger partial charge in [-0.2, -0.15) is 0 Å². The molecule has 1 N–H and O–H groups in total. The summed E-state index contributed by atoms with van der Waals surface area (Å²) in [5.74, 6) is -0.327. The molecular formula is C9H15N3O2. The van der Waals surface area contributed by atoms with E-state index < -0.39 is 0 Å². The summed E-state index contributed by atoms with van der Waals surface area (Å²) in [5.41, 5.74) is 0.617. The highest BCUT2D eigenvalue weighted by molar-refractivity contribution is 5.03. The summed E-state index contributed by atoms with van der Waals surface area (Å²) in [5, 5.41) is 18.3. The summed E-state index contributed by atoms with van der Waals surface area (Å²) in [6.45, 7) is 4.51. The van der Waals surface area contributed by atoms with Gasteiger partial charge in [0.15, 0.2) is 12.0 Å². The van der Waals surface area contributed by atoms with Gasteiger partial charge in [-0.3, -0.25) is 0 Å². The van der Waals surface area contributed by atoms with Crippen LogP contribution in [0.4, 0.5) is 0 Å². The second-order valence-electron chi connectivity index (χ2n) is 4.00. The first-order valence-corrected chi connectivity index (χ1v) is 4.99. The third-order valence-electron chi connectivity index (χ3n) is 2.35. The number of hydrogen-bond acceptors (Lipinski definition) is 4. The standard InChI is InChI=1S/C9H15N3O2/c1-6(2)12-8(9(13)14-11-12)5-10-7-3-4-7/h6-7,10H,3-5H2,1-2H3. The van der Waals surface area contributed by atoms with Crippen molar-refractivity contribution >= 4 is 0 Å². The van der Waals surface area contributed by atoms with Gasteiger partial charge in [0, 0.05) is 6.04 Å². The maximum Gasteiger partial charge on any atom is 0.247 e. The number of nitrogens with zero attached hydrogens (tertiary/aromatic N) is 2. The molecule has 1 fully saturated rings. The molecule has 0 bridgehead atoms. The van der Waals surface area contributed by atoms with E-state index in [-0.39, 0.29) is 12.0 Å². The van der Waals surface area contributed by atoms with Crippen LogP contribution in [-0.4, -0.2) is 11.3 Å². The van der Waals surface area contributed by atoms with Gasteiger partial charge in [-0.25, -0.2) is 0 Å². The van der Waals surface area contributed by atoms with Gasteiger partial charge in [0.1, 0.15) is 0 Å². The van der Waals surface area contributed by atoms with Crippen molar-refractivity contribution in [2.45, 2.75) is 45.3 Å². The van der Waals surface area contributed by atoms with Crippen molar-refractivity contribution in [2.75, 3.05) is 0 Å². The Labute approximate surface area is 82.7 Å². The monoisotopic (exact) mass is 197 g/mol. The molecule has 1 aliphatic carbocycles. The van der Waals surface area contributed by atoms with Crippen LogP contribution in [0.15, 0.2) is 4.52 Å². The summed E-state index contributed by atoms with van der Waals surface area (Å²) in [6, 6.07) is 0.752. The summed E-state index contributed by atoms with van der Waals surface area (Å²) in [4.78, 5) is 0. The Morgan fingerprint density at radius 1 is 1.64 bits per heavy atom. The van der Waals surface area contributed by atoms with Crippen LogP contribution in [0, 0.1) is 0 Å². The average Bonchev–Trinajstić information content (AvgIpc) is 2.87. The van der Waals surface area contributed by atoms with Crippen molar-refractivity contribution in [2.24, 2.45) is 0 Å². The summed E-state index contributed by atoms with van der Waals surface area (Å²) in [6.07, 6.45) is 2.42. The van der Waals surface area contributed by atoms with Crippen LogP contribution < -0.4 is 15.1 Å². The van der Waals surface area contributed by atoms with Gasteiger partial charge in [0.05, 0.1) is 11.8 Å². The van der Waals surface area contributed by atoms with E-state index in [0.29, 0.717) is 18.3 Å². The lowest BCUT2D eigenvalue weighted by atomic mass is 10.3. The molecule has 0 amide bonds. The van der Waals surface area contributed by atoms with Crippen LogP contribution in [0.2, 0.25) is 0 Å². The van der Waals surface area contributed by atoms with Gasteiger partial charge in [-0.15, -0.1) is 0 Å². The van der Waals surface area contributed by atoms with Crippen LogP contribution in [-0.2, 0) is 6.54 Å². The van der Waals surface area contributed by atoms with E-state index in [1.807, 2.05) is 13.8 Å². The van der Waals surface area contributed by atoms with Crippen molar-refractivity contribution in [3.05, 3.63) is 5.69 Å². The number of rotatable bonds is 4. The van der Waals surface area contributed by atoms with E-state index in [2.05, 4.69) is 15.1 Å². The van der Waals surface area contributed by atoms with Gasteiger partial charge < -0.3 is 14.9 Å². The second-order valence-corrected chi connectivity index (χ2v) is 4.00. The minimum Gasteiger partial charge on any atom is -0.539 e. The lowest BCUT2D eigenvalue weighted by molar-refractivity contribution is -0.785. The van der Waals surface area contributed by atoms with Crippen molar-refractivity contribution in [1.29, 1.82) is 0 Å². The summed E-state index contributed by atoms with van der Waals surface area (Å²) >= 11 is 0. The molecule has 0 atom stereocenters. The zero-order chi connectivity index (χ0) is 10.1. The Morgan fingerprint density at radius 3 is 2.93 bits per heavy atom. The first-order valence-electron chi connectivity index (χ1n) is 4.99. The molecule has 2 rings (SSSR count). The third kappa shape index (κ3) is 1.87. The molecule has 5 heteroatoms. The van der Waals surface area contributed by atoms with Crippen LogP contribution in [0.25, 0.3) is 0 Å². The van der Waals surface area contributed by atoms with E-state index in [0.717, 1.165) is 0 Å². The molecule has 1 aliphatic rings. The molecule has 5 nitrogen and oxygen atoms in total. The highest BCUT2D eigenvalue weighted by Gasteiger charge is 2.25. The van der Waals surface area contributed by atoms with E-state index in [1.165, 1.54) is 12.8 Å². The molecule has 78 valence electrons. The molecule has 14 heavy (non-hydrogen) atoms. The average molecular weight is 197 g/mol. The number of aromatic nitrogens is 2. The molecule has 1 heterocycles. The molecule has 1 saturated carbocycles. The van der Waals surface area contributed by atoms with Crippen LogP contribution in [0.1, 0.15) is 38.4 Å². The Hall–Kier alpha value is -1.10. The van der Waals surface area contributed by atoms with E-state index >= 15 is 0 Å². The number of hydrogen-bond donors (Lipinski definition) is 1. The smallest absolute Gasteiger partial charge is 0.247 e. The van der Waals surface area contributed by atoms with E-state index in [9.17, 15) is 5.11 Å². The van der Waals surface area contributed by atoms with Gasteiger partial charge in [0.25, 0.3) is 0 Å². The first kappa shape index (κ1) is 9.45. The van der Waals surface area contributed by atoms with Gasteiger partial charge in [-0.1, -0.05) is 4.68 Å². The normalized spacial score (nSPS) is 16.5. The lowest BCUT2D eigenvalue weighted by Crippen LogP contribution is -2.43. The third-order valence-corrected chi connectivity index (χ3v) is 2.35. The molecule has 0 unspecified atom stereocenters. The Balaban J connectivity index is 2.07. The van der Waals surface area contributed by atoms with Crippen LogP contribution in [0.5, 0.6) is 5.95 Å². The molecule has 1 aromatic rings. The predicted molar refractivity (Wildman–Crippen MR) is 46.4 cm³/mol. The van der Waals surface area contributed by atoms with Crippen molar-refractivity contribution in [3.8, 4) is 5.95 Å². The molecule has 0 saturated heterocycles. The maximum atomic E-state index is 11.3. The van der Waals surface area contributed by atoms with E-state index in [4.69, 9.17) is 0 Å². The van der Waals surface area contributed by atoms with Gasteiger partial charge in [0.2, 0.25) is 5.69 Å². The SMILES string of the molecule is CC(C)[n+]1noc([O-])c1CNC1CC1. The fourth-order valence-electron chi connectivity index (χ4n) is 1.36. The first-order chi connectivity index (χ1) is 6.68. The fraction of sp³-hybridized carbons (Fsp3) is 0.778. The zero-order valence-electron chi connectivity index (χ0n) is 8.49. The molecule has 0 aliphatic heterocycles. The molecule has 0 aromatic carbocycles. The highest BCUT2D eigenvalue weighted by atomic mass is 16.6. The lowest BCUT2D eigenvalue weighted by Gasteiger charge is -2.01. The van der Waals surface area contributed by atoms with Gasteiger partial charge in [-0.05, 0) is 26.7 Å². The van der Waals surface area contributed by atoms with Crippen molar-refractivity contribution < 1.29 is 14.3 Å².